The number of esters is 1. The lowest BCUT2D eigenvalue weighted by Gasteiger charge is -2.14. The fourth-order valence-corrected chi connectivity index (χ4v) is 2.68. The van der Waals surface area contributed by atoms with Crippen molar-refractivity contribution in [2.45, 2.75) is 13.0 Å². The van der Waals surface area contributed by atoms with Crippen LogP contribution in [0.1, 0.15) is 27.0 Å². The zero-order valence-corrected chi connectivity index (χ0v) is 15.0. The molecule has 0 fully saturated rings. The van der Waals surface area contributed by atoms with Crippen LogP contribution < -0.4 is 16.4 Å². The smallest absolute Gasteiger partial charge is 0.341 e. The molecule has 0 aliphatic rings. The van der Waals surface area contributed by atoms with Gasteiger partial charge in [0.2, 0.25) is 0 Å². The number of hydrogen-bond donors (Lipinski definition) is 3. The van der Waals surface area contributed by atoms with E-state index in [9.17, 15) is 19.2 Å². The predicted octanol–water partition coefficient (Wildman–Crippen LogP) is 2.39. The van der Waals surface area contributed by atoms with E-state index in [0.29, 0.717) is 9.90 Å². The number of primary amides is 1. The fraction of sp³-hybridized carbons (Fsp3) is 0.125. The third kappa shape index (κ3) is 5.04. The van der Waals surface area contributed by atoms with Crippen LogP contribution in [0.25, 0.3) is 0 Å². The van der Waals surface area contributed by atoms with Gasteiger partial charge in [-0.25, -0.2) is 9.59 Å². The number of imide groups is 1. The lowest BCUT2D eigenvalue weighted by atomic mass is 10.1. The highest BCUT2D eigenvalue weighted by Gasteiger charge is 2.23. The van der Waals surface area contributed by atoms with Gasteiger partial charge in [0.15, 0.2) is 6.10 Å². The molecule has 10 heteroatoms. The normalized spacial score (nSPS) is 11.3. The largest absolute Gasteiger partial charge is 0.449 e. The minimum atomic E-state index is -1.27. The highest BCUT2D eigenvalue weighted by atomic mass is 35.5. The summed E-state index contributed by atoms with van der Waals surface area (Å²) in [5, 5.41) is 6.42. The van der Waals surface area contributed by atoms with E-state index < -0.39 is 29.9 Å². The second kappa shape index (κ2) is 8.45. The molecule has 1 heterocycles. The number of amides is 4. The minimum absolute atomic E-state index is 0.00182. The minimum Gasteiger partial charge on any atom is -0.449 e. The lowest BCUT2D eigenvalue weighted by Crippen LogP contribution is -2.42. The van der Waals surface area contributed by atoms with Gasteiger partial charge in [-0.05, 0) is 36.6 Å². The van der Waals surface area contributed by atoms with Gasteiger partial charge < -0.3 is 15.8 Å². The molecule has 0 aliphatic carbocycles. The molecule has 4 N–H and O–H groups in total. The van der Waals surface area contributed by atoms with Gasteiger partial charge in [0.25, 0.3) is 11.8 Å². The van der Waals surface area contributed by atoms with Crippen molar-refractivity contribution in [2.75, 3.05) is 5.32 Å². The van der Waals surface area contributed by atoms with Gasteiger partial charge >= 0.3 is 12.0 Å². The molecule has 0 bridgehead atoms. The molecule has 1 aromatic carbocycles. The third-order valence-corrected chi connectivity index (χ3v) is 4.20. The van der Waals surface area contributed by atoms with Crippen molar-refractivity contribution in [1.82, 2.24) is 5.32 Å². The number of hydrogen-bond acceptors (Lipinski definition) is 6. The molecule has 0 saturated carbocycles. The maximum Gasteiger partial charge on any atom is 0.341 e. The molecule has 8 nitrogen and oxygen atoms in total. The quantitative estimate of drug-likeness (QED) is 0.669. The van der Waals surface area contributed by atoms with Crippen LogP contribution in [-0.2, 0) is 9.53 Å². The van der Waals surface area contributed by atoms with E-state index in [0.717, 1.165) is 0 Å². The van der Waals surface area contributed by atoms with E-state index in [1.54, 1.807) is 17.5 Å². The SMILES string of the molecule is C[C@H](OC(=O)c1ccc(Cl)cc1NC(=O)c1cccs1)C(=O)NC(N)=O. The first kappa shape index (κ1) is 19.4. The number of carbonyl (C=O) groups excluding carboxylic acids is 4. The van der Waals surface area contributed by atoms with E-state index in [1.165, 1.54) is 36.5 Å². The molecule has 0 unspecified atom stereocenters. The van der Waals surface area contributed by atoms with Gasteiger partial charge in [0.1, 0.15) is 0 Å². The molecule has 2 rings (SSSR count). The van der Waals surface area contributed by atoms with Crippen molar-refractivity contribution in [3.63, 3.8) is 0 Å². The molecule has 0 spiro atoms. The number of benzene rings is 1. The summed E-state index contributed by atoms with van der Waals surface area (Å²) in [5.41, 5.74) is 4.97. The van der Waals surface area contributed by atoms with Crippen LogP contribution in [0.5, 0.6) is 0 Å². The number of carbonyl (C=O) groups is 4. The Morgan fingerprint density at radius 1 is 1.23 bits per heavy atom. The fourth-order valence-electron chi connectivity index (χ4n) is 1.89. The Hall–Kier alpha value is -2.91. The van der Waals surface area contributed by atoms with Gasteiger partial charge in [-0.15, -0.1) is 11.3 Å². The number of thiophene rings is 1. The number of rotatable bonds is 5. The molecule has 4 amide bonds. The van der Waals surface area contributed by atoms with Crippen LogP contribution in [0.4, 0.5) is 10.5 Å². The zero-order chi connectivity index (χ0) is 19.3. The molecule has 0 radical (unpaired) electrons. The van der Waals surface area contributed by atoms with Crippen LogP contribution in [0.15, 0.2) is 35.7 Å². The summed E-state index contributed by atoms with van der Waals surface area (Å²) in [6, 6.07) is 6.45. The Balaban J connectivity index is 2.18. The Bertz CT molecular complexity index is 854. The summed E-state index contributed by atoms with van der Waals surface area (Å²) in [6.07, 6.45) is -1.27. The van der Waals surface area contributed by atoms with Crippen LogP contribution in [0.2, 0.25) is 5.02 Å². The number of anilines is 1. The van der Waals surface area contributed by atoms with Gasteiger partial charge in [0.05, 0.1) is 16.1 Å². The predicted molar refractivity (Wildman–Crippen MR) is 96.3 cm³/mol. The number of nitrogens with two attached hydrogens (primary N) is 1. The zero-order valence-electron chi connectivity index (χ0n) is 13.4. The van der Waals surface area contributed by atoms with Crippen LogP contribution in [0.3, 0.4) is 0 Å². The van der Waals surface area contributed by atoms with Crippen molar-refractivity contribution >= 4 is 52.4 Å². The summed E-state index contributed by atoms with van der Waals surface area (Å²) in [4.78, 5) is 47.3. The van der Waals surface area contributed by atoms with E-state index in [-0.39, 0.29) is 11.3 Å². The number of nitrogens with one attached hydrogen (secondary N) is 2. The number of ether oxygens (including phenoxy) is 1. The van der Waals surface area contributed by atoms with E-state index in [2.05, 4.69) is 5.32 Å². The van der Waals surface area contributed by atoms with Gasteiger partial charge in [-0.1, -0.05) is 17.7 Å². The molecular weight excluding hydrogens is 382 g/mol. The highest BCUT2D eigenvalue weighted by molar-refractivity contribution is 7.12. The maximum atomic E-state index is 12.3. The number of urea groups is 1. The molecule has 1 atom stereocenters. The summed E-state index contributed by atoms with van der Waals surface area (Å²) >= 11 is 7.16. The molecule has 1 aromatic heterocycles. The molecule has 26 heavy (non-hydrogen) atoms. The van der Waals surface area contributed by atoms with E-state index in [1.807, 2.05) is 5.32 Å². The molecule has 0 aliphatic heterocycles. The van der Waals surface area contributed by atoms with Gasteiger partial charge in [0, 0.05) is 5.02 Å². The standard InChI is InChI=1S/C16H14ClN3O5S/c1-8(13(21)20-16(18)24)25-15(23)10-5-4-9(17)7-11(10)19-14(22)12-3-2-6-26-12/h2-8H,1H3,(H,19,22)(H3,18,20,21,24)/t8-/m0/s1. The Morgan fingerprint density at radius 2 is 1.96 bits per heavy atom. The first-order valence-electron chi connectivity index (χ1n) is 7.23. The Morgan fingerprint density at radius 3 is 2.58 bits per heavy atom. The number of halogens is 1. The summed E-state index contributed by atoms with van der Waals surface area (Å²) in [7, 11) is 0. The molecule has 136 valence electrons. The monoisotopic (exact) mass is 395 g/mol. The third-order valence-electron chi connectivity index (χ3n) is 3.09. The second-order valence-corrected chi connectivity index (χ2v) is 6.41. The topological polar surface area (TPSA) is 128 Å². The molecule has 0 saturated heterocycles. The van der Waals surface area contributed by atoms with Crippen molar-refractivity contribution in [1.29, 1.82) is 0 Å². The Labute approximate surface area is 157 Å². The van der Waals surface area contributed by atoms with Crippen LogP contribution >= 0.6 is 22.9 Å². The maximum absolute atomic E-state index is 12.3. The molecule has 2 aromatic rings. The summed E-state index contributed by atoms with van der Waals surface area (Å²) < 4.78 is 5.00. The van der Waals surface area contributed by atoms with Crippen LogP contribution in [-0.4, -0.2) is 29.9 Å². The summed E-state index contributed by atoms with van der Waals surface area (Å²) in [5.74, 6) is -2.17. The summed E-state index contributed by atoms with van der Waals surface area (Å²) in [6.45, 7) is 1.27. The molecular formula is C16H14ClN3O5S. The first-order chi connectivity index (χ1) is 12.3. The van der Waals surface area contributed by atoms with Crippen molar-refractivity contribution in [3.8, 4) is 0 Å². The Kier molecular flexibility index (Phi) is 6.31. The van der Waals surface area contributed by atoms with Crippen molar-refractivity contribution in [2.24, 2.45) is 5.73 Å². The van der Waals surface area contributed by atoms with E-state index >= 15 is 0 Å². The second-order valence-electron chi connectivity index (χ2n) is 5.02. The average Bonchev–Trinajstić information content (AvgIpc) is 3.08. The van der Waals surface area contributed by atoms with Crippen LogP contribution in [0, 0.1) is 0 Å². The van der Waals surface area contributed by atoms with Crippen molar-refractivity contribution in [3.05, 3.63) is 51.2 Å². The lowest BCUT2D eigenvalue weighted by molar-refractivity contribution is -0.127. The van der Waals surface area contributed by atoms with Crippen molar-refractivity contribution < 1.29 is 23.9 Å². The highest BCUT2D eigenvalue weighted by Crippen LogP contribution is 2.24. The first-order valence-corrected chi connectivity index (χ1v) is 8.49. The van der Waals surface area contributed by atoms with Gasteiger partial charge in [-0.3, -0.25) is 14.9 Å². The van der Waals surface area contributed by atoms with Gasteiger partial charge in [-0.2, -0.15) is 0 Å². The average molecular weight is 396 g/mol. The van der Waals surface area contributed by atoms with E-state index in [4.69, 9.17) is 22.1 Å².